The van der Waals surface area contributed by atoms with E-state index in [2.05, 4.69) is 9.97 Å². The van der Waals surface area contributed by atoms with Crippen molar-refractivity contribution in [2.24, 2.45) is 0 Å². The van der Waals surface area contributed by atoms with Gasteiger partial charge in [-0.05, 0) is 26.7 Å². The first-order valence-corrected chi connectivity index (χ1v) is 5.12. The van der Waals surface area contributed by atoms with Gasteiger partial charge < -0.3 is 5.11 Å². The minimum atomic E-state index is -0.835. The molecule has 2 rings (SSSR count). The molecule has 1 fully saturated rings. The van der Waals surface area contributed by atoms with Crippen LogP contribution in [0.1, 0.15) is 50.4 Å². The lowest BCUT2D eigenvalue weighted by molar-refractivity contribution is 0.0777. The maximum absolute atomic E-state index is 9.71. The molecule has 0 aliphatic heterocycles. The molecular weight excluding hydrogens is 176 g/mol. The Labute approximate surface area is 84.2 Å². The zero-order valence-corrected chi connectivity index (χ0v) is 8.70. The lowest BCUT2D eigenvalue weighted by atomic mass is 9.85. The molecule has 1 aromatic heterocycles. The summed E-state index contributed by atoms with van der Waals surface area (Å²) in [5, 5.41) is 9.71. The largest absolute Gasteiger partial charge is 0.386 e. The van der Waals surface area contributed by atoms with E-state index in [0.717, 1.165) is 11.4 Å². The fourth-order valence-electron chi connectivity index (χ4n) is 1.53. The number of aliphatic hydroxyl groups is 1. The second-order valence-corrected chi connectivity index (χ2v) is 4.52. The molecule has 0 spiro atoms. The normalized spacial score (nSPS) is 17.9. The van der Waals surface area contributed by atoms with Crippen molar-refractivity contribution in [3.05, 3.63) is 23.8 Å². The Morgan fingerprint density at radius 1 is 1.29 bits per heavy atom. The Hall–Kier alpha value is -0.960. The third-order valence-corrected chi connectivity index (χ3v) is 2.85. The van der Waals surface area contributed by atoms with Crippen LogP contribution in [0.2, 0.25) is 0 Å². The Morgan fingerprint density at radius 3 is 2.21 bits per heavy atom. The minimum absolute atomic E-state index is 0.561. The van der Waals surface area contributed by atoms with Crippen LogP contribution >= 0.6 is 0 Å². The Bertz CT molecular complexity index is 309. The highest BCUT2D eigenvalue weighted by molar-refractivity contribution is 5.14. The van der Waals surface area contributed by atoms with E-state index >= 15 is 0 Å². The Morgan fingerprint density at radius 2 is 1.86 bits per heavy atom. The number of hydrogen-bond acceptors (Lipinski definition) is 3. The summed E-state index contributed by atoms with van der Waals surface area (Å²) >= 11 is 0. The molecule has 76 valence electrons. The summed E-state index contributed by atoms with van der Waals surface area (Å²) in [6.45, 7) is 3.49. The third kappa shape index (κ3) is 1.77. The zero-order valence-electron chi connectivity index (χ0n) is 8.70. The fourth-order valence-corrected chi connectivity index (χ4v) is 1.53. The lowest BCUT2D eigenvalue weighted by Crippen LogP contribution is -2.18. The smallest absolute Gasteiger partial charge is 0.131 e. The highest BCUT2D eigenvalue weighted by Gasteiger charge is 2.23. The van der Waals surface area contributed by atoms with Gasteiger partial charge >= 0.3 is 0 Å². The molecule has 0 radical (unpaired) electrons. The van der Waals surface area contributed by atoms with Gasteiger partial charge in [-0.1, -0.05) is 6.42 Å². The first-order chi connectivity index (χ1) is 6.57. The van der Waals surface area contributed by atoms with Crippen molar-refractivity contribution in [2.75, 3.05) is 0 Å². The van der Waals surface area contributed by atoms with E-state index in [1.165, 1.54) is 19.3 Å². The van der Waals surface area contributed by atoms with Crippen LogP contribution in [-0.2, 0) is 5.60 Å². The Kier molecular flexibility index (Phi) is 2.27. The van der Waals surface area contributed by atoms with Crippen LogP contribution in [0.5, 0.6) is 0 Å². The van der Waals surface area contributed by atoms with E-state index in [1.807, 2.05) is 0 Å². The SMILES string of the molecule is CC(C)(O)c1cnc(C2CCC2)nc1. The van der Waals surface area contributed by atoms with E-state index in [9.17, 15) is 5.11 Å². The average Bonchev–Trinajstić information content (AvgIpc) is 2.00. The molecule has 3 nitrogen and oxygen atoms in total. The fraction of sp³-hybridized carbons (Fsp3) is 0.636. The van der Waals surface area contributed by atoms with Gasteiger partial charge in [0.1, 0.15) is 5.82 Å². The van der Waals surface area contributed by atoms with Crippen molar-refractivity contribution in [1.29, 1.82) is 0 Å². The van der Waals surface area contributed by atoms with Crippen LogP contribution in [-0.4, -0.2) is 15.1 Å². The second-order valence-electron chi connectivity index (χ2n) is 4.52. The van der Waals surface area contributed by atoms with Crippen LogP contribution in [0.3, 0.4) is 0 Å². The first-order valence-electron chi connectivity index (χ1n) is 5.12. The van der Waals surface area contributed by atoms with Crippen LogP contribution in [0.25, 0.3) is 0 Å². The van der Waals surface area contributed by atoms with Gasteiger partial charge in [0.15, 0.2) is 0 Å². The molecule has 1 aliphatic carbocycles. The molecule has 1 aromatic rings. The molecule has 0 saturated heterocycles. The van der Waals surface area contributed by atoms with E-state index in [1.54, 1.807) is 26.2 Å². The number of rotatable bonds is 2. The average molecular weight is 192 g/mol. The van der Waals surface area contributed by atoms with Gasteiger partial charge in [-0.2, -0.15) is 0 Å². The molecule has 3 heteroatoms. The molecular formula is C11H16N2O. The monoisotopic (exact) mass is 192 g/mol. The van der Waals surface area contributed by atoms with Gasteiger partial charge in [-0.25, -0.2) is 9.97 Å². The van der Waals surface area contributed by atoms with Crippen molar-refractivity contribution in [2.45, 2.75) is 44.6 Å². The number of hydrogen-bond donors (Lipinski definition) is 1. The van der Waals surface area contributed by atoms with Crippen LogP contribution in [0.15, 0.2) is 12.4 Å². The number of aromatic nitrogens is 2. The molecule has 0 aromatic carbocycles. The summed E-state index contributed by atoms with van der Waals surface area (Å²) in [6.07, 6.45) is 7.19. The van der Waals surface area contributed by atoms with Gasteiger partial charge in [-0.15, -0.1) is 0 Å². The highest BCUT2D eigenvalue weighted by Crippen LogP contribution is 2.34. The predicted molar refractivity (Wildman–Crippen MR) is 53.9 cm³/mol. The summed E-state index contributed by atoms with van der Waals surface area (Å²) < 4.78 is 0. The molecule has 0 amide bonds. The summed E-state index contributed by atoms with van der Waals surface area (Å²) in [6, 6.07) is 0. The predicted octanol–water partition coefficient (Wildman–Crippen LogP) is 1.97. The highest BCUT2D eigenvalue weighted by atomic mass is 16.3. The quantitative estimate of drug-likeness (QED) is 0.779. The van der Waals surface area contributed by atoms with Crippen molar-refractivity contribution in [1.82, 2.24) is 9.97 Å². The zero-order chi connectivity index (χ0) is 10.2. The summed E-state index contributed by atoms with van der Waals surface area (Å²) in [7, 11) is 0. The van der Waals surface area contributed by atoms with Gasteiger partial charge in [-0.3, -0.25) is 0 Å². The van der Waals surface area contributed by atoms with Crippen molar-refractivity contribution >= 4 is 0 Å². The van der Waals surface area contributed by atoms with Gasteiger partial charge in [0, 0.05) is 23.9 Å². The molecule has 1 aliphatic rings. The molecule has 1 heterocycles. The topological polar surface area (TPSA) is 46.0 Å². The summed E-state index contributed by atoms with van der Waals surface area (Å²) in [4.78, 5) is 8.59. The Balaban J connectivity index is 2.17. The molecule has 14 heavy (non-hydrogen) atoms. The molecule has 0 unspecified atom stereocenters. The van der Waals surface area contributed by atoms with Gasteiger partial charge in [0.2, 0.25) is 0 Å². The van der Waals surface area contributed by atoms with E-state index in [4.69, 9.17) is 0 Å². The van der Waals surface area contributed by atoms with Crippen LogP contribution in [0, 0.1) is 0 Å². The van der Waals surface area contributed by atoms with Crippen molar-refractivity contribution in [3.8, 4) is 0 Å². The summed E-state index contributed by atoms with van der Waals surface area (Å²) in [5.41, 5.74) is -0.0569. The third-order valence-electron chi connectivity index (χ3n) is 2.85. The van der Waals surface area contributed by atoms with E-state index in [0.29, 0.717) is 5.92 Å². The van der Waals surface area contributed by atoms with Crippen molar-refractivity contribution in [3.63, 3.8) is 0 Å². The maximum atomic E-state index is 9.71. The number of nitrogens with zero attached hydrogens (tertiary/aromatic N) is 2. The molecule has 0 atom stereocenters. The van der Waals surface area contributed by atoms with Gasteiger partial charge in [0.05, 0.1) is 5.60 Å². The summed E-state index contributed by atoms with van der Waals surface area (Å²) in [5.74, 6) is 1.50. The van der Waals surface area contributed by atoms with Crippen LogP contribution < -0.4 is 0 Å². The lowest BCUT2D eigenvalue weighted by Gasteiger charge is -2.24. The molecule has 1 saturated carbocycles. The standard InChI is InChI=1S/C11H16N2O/c1-11(2,14)9-6-12-10(13-7-9)8-4-3-5-8/h6-8,14H,3-5H2,1-2H3. The van der Waals surface area contributed by atoms with Crippen LogP contribution in [0.4, 0.5) is 0 Å². The molecule has 0 bridgehead atoms. The van der Waals surface area contributed by atoms with E-state index < -0.39 is 5.60 Å². The second kappa shape index (κ2) is 3.31. The maximum Gasteiger partial charge on any atom is 0.131 e. The minimum Gasteiger partial charge on any atom is -0.386 e. The van der Waals surface area contributed by atoms with Gasteiger partial charge in [0.25, 0.3) is 0 Å². The van der Waals surface area contributed by atoms with E-state index in [-0.39, 0.29) is 0 Å². The molecule has 1 N–H and O–H groups in total. The first kappa shape index (κ1) is 9.59. The van der Waals surface area contributed by atoms with Crippen molar-refractivity contribution < 1.29 is 5.11 Å².